The van der Waals surface area contributed by atoms with E-state index < -0.39 is 5.82 Å². The van der Waals surface area contributed by atoms with Crippen molar-refractivity contribution in [3.05, 3.63) is 29.6 Å². The van der Waals surface area contributed by atoms with E-state index >= 15 is 0 Å². The van der Waals surface area contributed by atoms with Crippen molar-refractivity contribution in [2.45, 2.75) is 6.92 Å². The molecule has 0 atom stereocenters. The number of halogens is 1. The van der Waals surface area contributed by atoms with Crippen LogP contribution in [0.4, 0.5) is 4.39 Å². The first-order valence-electron chi connectivity index (χ1n) is 5.06. The van der Waals surface area contributed by atoms with E-state index in [9.17, 15) is 9.18 Å². The van der Waals surface area contributed by atoms with Crippen LogP contribution in [0.2, 0.25) is 0 Å². The van der Waals surface area contributed by atoms with Gasteiger partial charge in [0.25, 0.3) is 0 Å². The van der Waals surface area contributed by atoms with E-state index in [2.05, 4.69) is 4.99 Å². The Bertz CT molecular complexity index is 456. The van der Waals surface area contributed by atoms with E-state index in [1.807, 2.05) is 0 Å². The Labute approximate surface area is 99.7 Å². The van der Waals surface area contributed by atoms with E-state index in [0.29, 0.717) is 11.4 Å². The Hall–Kier alpha value is -1.91. The predicted molar refractivity (Wildman–Crippen MR) is 63.9 cm³/mol. The first kappa shape index (κ1) is 13.2. The van der Waals surface area contributed by atoms with Crippen LogP contribution in [0.3, 0.4) is 0 Å². The van der Waals surface area contributed by atoms with Gasteiger partial charge < -0.3 is 9.64 Å². The first-order chi connectivity index (χ1) is 7.95. The lowest BCUT2D eigenvalue weighted by molar-refractivity contribution is -0.115. The largest absolute Gasteiger partial charge is 0.494 e. The highest BCUT2D eigenvalue weighted by molar-refractivity contribution is 6.04. The van der Waals surface area contributed by atoms with Crippen LogP contribution < -0.4 is 4.74 Å². The van der Waals surface area contributed by atoms with Crippen LogP contribution in [-0.4, -0.2) is 37.8 Å². The molecule has 17 heavy (non-hydrogen) atoms. The van der Waals surface area contributed by atoms with Crippen molar-refractivity contribution < 1.29 is 13.9 Å². The fraction of sp³-hybridized carbons (Fsp3) is 0.333. The minimum Gasteiger partial charge on any atom is -0.494 e. The normalized spacial score (nSPS) is 11.2. The van der Waals surface area contributed by atoms with Crippen LogP contribution in [0.25, 0.3) is 0 Å². The van der Waals surface area contributed by atoms with Crippen molar-refractivity contribution >= 4 is 11.7 Å². The molecule has 4 nitrogen and oxygen atoms in total. The van der Waals surface area contributed by atoms with Crippen molar-refractivity contribution in [2.24, 2.45) is 4.99 Å². The fourth-order valence-electron chi connectivity index (χ4n) is 1.37. The van der Waals surface area contributed by atoms with Gasteiger partial charge >= 0.3 is 0 Å². The zero-order valence-corrected chi connectivity index (χ0v) is 10.3. The summed E-state index contributed by atoms with van der Waals surface area (Å²) in [6, 6.07) is 4.35. The molecule has 0 spiro atoms. The Morgan fingerprint density at radius 3 is 2.53 bits per heavy atom. The van der Waals surface area contributed by atoms with E-state index in [4.69, 9.17) is 4.74 Å². The van der Waals surface area contributed by atoms with Gasteiger partial charge in [0.05, 0.1) is 7.11 Å². The Kier molecular flexibility index (Phi) is 4.20. The summed E-state index contributed by atoms with van der Waals surface area (Å²) >= 11 is 0. The van der Waals surface area contributed by atoms with Crippen LogP contribution in [0, 0.1) is 5.82 Å². The van der Waals surface area contributed by atoms with Crippen LogP contribution >= 0.6 is 0 Å². The number of aliphatic imine (C=N–C) groups is 1. The molecule has 0 aliphatic carbocycles. The Morgan fingerprint density at radius 2 is 2.06 bits per heavy atom. The molecule has 0 aliphatic heterocycles. The summed E-state index contributed by atoms with van der Waals surface area (Å²) in [6.45, 7) is 1.37. The van der Waals surface area contributed by atoms with Crippen molar-refractivity contribution in [1.82, 2.24) is 4.90 Å². The van der Waals surface area contributed by atoms with Gasteiger partial charge in [-0.25, -0.2) is 4.39 Å². The molecule has 5 heteroatoms. The molecule has 0 fully saturated rings. The second-order valence-corrected chi connectivity index (χ2v) is 3.70. The zero-order chi connectivity index (χ0) is 13.0. The molecule has 0 saturated heterocycles. The zero-order valence-electron chi connectivity index (χ0n) is 10.3. The molecular weight excluding hydrogens is 223 g/mol. The second kappa shape index (κ2) is 5.43. The number of hydrogen-bond donors (Lipinski definition) is 0. The number of hydrogen-bond acceptors (Lipinski definition) is 2. The molecule has 0 heterocycles. The lowest BCUT2D eigenvalue weighted by Gasteiger charge is -2.16. The smallest absolute Gasteiger partial charge is 0.244 e. The third-order valence-corrected chi connectivity index (χ3v) is 2.10. The molecule has 0 saturated carbocycles. The molecule has 0 bridgehead atoms. The highest BCUT2D eigenvalue weighted by atomic mass is 19.1. The van der Waals surface area contributed by atoms with Crippen LogP contribution in [0.15, 0.2) is 23.2 Å². The van der Waals surface area contributed by atoms with Gasteiger partial charge in [0.1, 0.15) is 5.84 Å². The summed E-state index contributed by atoms with van der Waals surface area (Å²) in [5.41, 5.74) is 0.628. The number of nitrogens with zero attached hydrogens (tertiary/aromatic N) is 2. The molecule has 0 aliphatic rings. The summed E-state index contributed by atoms with van der Waals surface area (Å²) < 4.78 is 18.1. The Balaban J connectivity index is 3.25. The molecular formula is C12H15FN2O2. The molecule has 1 rings (SSSR count). The standard InChI is InChI=1S/C12H15FN2O2/c1-8(16)14-12(15(2)3)9-5-6-10(13)11(7-9)17-4/h5-7H,1-4H3/b14-12-. The van der Waals surface area contributed by atoms with Crippen LogP contribution in [-0.2, 0) is 4.79 Å². The van der Waals surface area contributed by atoms with Crippen molar-refractivity contribution in [2.75, 3.05) is 21.2 Å². The first-order valence-corrected chi connectivity index (χ1v) is 5.06. The van der Waals surface area contributed by atoms with E-state index in [1.54, 1.807) is 25.1 Å². The number of methoxy groups -OCH3 is 1. The summed E-state index contributed by atoms with van der Waals surface area (Å²) in [5.74, 6) is -0.162. The summed E-state index contributed by atoms with van der Waals surface area (Å²) in [7, 11) is 4.91. The average molecular weight is 238 g/mol. The van der Waals surface area contributed by atoms with Crippen molar-refractivity contribution in [3.63, 3.8) is 0 Å². The van der Waals surface area contributed by atoms with E-state index in [-0.39, 0.29) is 11.7 Å². The number of amidine groups is 1. The molecule has 0 N–H and O–H groups in total. The van der Waals surface area contributed by atoms with Gasteiger partial charge in [-0.3, -0.25) is 4.79 Å². The third-order valence-electron chi connectivity index (χ3n) is 2.10. The van der Waals surface area contributed by atoms with Gasteiger partial charge in [0.15, 0.2) is 11.6 Å². The maximum absolute atomic E-state index is 13.3. The number of carbonyl (C=O) groups is 1. The van der Waals surface area contributed by atoms with Crippen LogP contribution in [0.1, 0.15) is 12.5 Å². The van der Waals surface area contributed by atoms with Gasteiger partial charge in [0, 0.05) is 26.6 Å². The number of benzene rings is 1. The maximum atomic E-state index is 13.3. The number of carbonyl (C=O) groups excluding carboxylic acids is 1. The molecule has 1 aromatic rings. The van der Waals surface area contributed by atoms with Gasteiger partial charge in [0.2, 0.25) is 5.91 Å². The minimum atomic E-state index is -0.447. The SMILES string of the molecule is COc1cc(/C(=N/C(C)=O)N(C)C)ccc1F. The summed E-state index contributed by atoms with van der Waals surface area (Å²) in [6.07, 6.45) is 0. The lowest BCUT2D eigenvalue weighted by atomic mass is 10.2. The summed E-state index contributed by atoms with van der Waals surface area (Å²) in [4.78, 5) is 16.6. The van der Waals surface area contributed by atoms with Gasteiger partial charge in [-0.15, -0.1) is 0 Å². The molecule has 92 valence electrons. The number of amides is 1. The quantitative estimate of drug-likeness (QED) is 0.581. The minimum absolute atomic E-state index is 0.126. The van der Waals surface area contributed by atoms with E-state index in [1.165, 1.54) is 26.2 Å². The maximum Gasteiger partial charge on any atom is 0.244 e. The van der Waals surface area contributed by atoms with Gasteiger partial charge in [-0.2, -0.15) is 4.99 Å². The number of ether oxygens (including phenoxy) is 1. The fourth-order valence-corrected chi connectivity index (χ4v) is 1.37. The molecule has 0 aromatic heterocycles. The lowest BCUT2D eigenvalue weighted by Crippen LogP contribution is -2.24. The van der Waals surface area contributed by atoms with E-state index in [0.717, 1.165) is 0 Å². The molecule has 0 radical (unpaired) electrons. The predicted octanol–water partition coefficient (Wildman–Crippen LogP) is 1.69. The van der Waals surface area contributed by atoms with Crippen molar-refractivity contribution in [3.8, 4) is 5.75 Å². The third kappa shape index (κ3) is 3.27. The van der Waals surface area contributed by atoms with Gasteiger partial charge in [-0.1, -0.05) is 0 Å². The van der Waals surface area contributed by atoms with Crippen LogP contribution in [0.5, 0.6) is 5.75 Å². The topological polar surface area (TPSA) is 41.9 Å². The Morgan fingerprint density at radius 1 is 1.41 bits per heavy atom. The van der Waals surface area contributed by atoms with Crippen molar-refractivity contribution in [1.29, 1.82) is 0 Å². The molecule has 0 unspecified atom stereocenters. The summed E-state index contributed by atoms with van der Waals surface area (Å²) in [5, 5.41) is 0. The molecule has 1 aromatic carbocycles. The highest BCUT2D eigenvalue weighted by Crippen LogP contribution is 2.19. The number of rotatable bonds is 2. The monoisotopic (exact) mass is 238 g/mol. The average Bonchev–Trinajstić information content (AvgIpc) is 2.26. The van der Waals surface area contributed by atoms with Gasteiger partial charge in [-0.05, 0) is 18.2 Å². The molecule has 1 amide bonds. The second-order valence-electron chi connectivity index (χ2n) is 3.70. The highest BCUT2D eigenvalue weighted by Gasteiger charge is 2.11.